The lowest BCUT2D eigenvalue weighted by atomic mass is 9.93. The maximum absolute atomic E-state index is 11.9. The molecule has 1 aliphatic heterocycles. The first-order chi connectivity index (χ1) is 8.76. The van der Waals surface area contributed by atoms with Crippen LogP contribution in [-0.4, -0.2) is 24.9 Å². The van der Waals surface area contributed by atoms with Crippen LogP contribution in [0.2, 0.25) is 0 Å². The van der Waals surface area contributed by atoms with Crippen molar-refractivity contribution in [1.82, 2.24) is 5.32 Å². The number of benzene rings is 1. The van der Waals surface area contributed by atoms with Gasteiger partial charge in [0.15, 0.2) is 0 Å². The highest BCUT2D eigenvalue weighted by Gasteiger charge is 2.39. The lowest BCUT2D eigenvalue weighted by molar-refractivity contribution is -0.148. The summed E-state index contributed by atoms with van der Waals surface area (Å²) in [6.07, 6.45) is 1.36. The lowest BCUT2D eigenvalue weighted by Gasteiger charge is -2.18. The summed E-state index contributed by atoms with van der Waals surface area (Å²) in [6.45, 7) is 2.15. The van der Waals surface area contributed by atoms with Crippen LogP contribution in [0.15, 0.2) is 30.3 Å². The molecule has 1 aromatic rings. The second-order valence-corrected chi connectivity index (χ2v) is 4.39. The number of ether oxygens (including phenoxy) is 1. The summed E-state index contributed by atoms with van der Waals surface area (Å²) in [7, 11) is 0. The fourth-order valence-corrected chi connectivity index (χ4v) is 2.39. The quantitative estimate of drug-likeness (QED) is 0.646. The summed E-state index contributed by atoms with van der Waals surface area (Å²) in [5, 5.41) is 3.18. The van der Waals surface area contributed by atoms with Crippen molar-refractivity contribution in [3.63, 3.8) is 0 Å². The van der Waals surface area contributed by atoms with Gasteiger partial charge in [-0.25, -0.2) is 0 Å². The van der Waals surface area contributed by atoms with Crippen molar-refractivity contribution >= 4 is 12.3 Å². The number of aldehydes is 1. The number of carbonyl (C=O) groups excluding carboxylic acids is 2. The molecule has 1 aromatic carbocycles. The van der Waals surface area contributed by atoms with Crippen molar-refractivity contribution in [3.8, 4) is 0 Å². The summed E-state index contributed by atoms with van der Waals surface area (Å²) in [5.41, 5.74) is 1.01. The zero-order valence-corrected chi connectivity index (χ0v) is 10.3. The molecule has 0 spiro atoms. The molecule has 2 rings (SSSR count). The molecule has 4 nitrogen and oxygen atoms in total. The predicted molar refractivity (Wildman–Crippen MR) is 66.9 cm³/mol. The molecule has 1 aliphatic rings. The highest BCUT2D eigenvalue weighted by molar-refractivity contribution is 5.76. The second kappa shape index (κ2) is 5.78. The van der Waals surface area contributed by atoms with E-state index in [2.05, 4.69) is 5.32 Å². The van der Waals surface area contributed by atoms with E-state index >= 15 is 0 Å². The maximum atomic E-state index is 11.9. The minimum Gasteiger partial charge on any atom is -0.466 e. The Morgan fingerprint density at radius 1 is 1.44 bits per heavy atom. The summed E-state index contributed by atoms with van der Waals surface area (Å²) in [4.78, 5) is 22.8. The van der Waals surface area contributed by atoms with Gasteiger partial charge in [-0.15, -0.1) is 0 Å². The van der Waals surface area contributed by atoms with E-state index in [-0.39, 0.29) is 24.0 Å². The summed E-state index contributed by atoms with van der Waals surface area (Å²) in [6, 6.07) is 9.27. The number of rotatable bonds is 4. The average Bonchev–Trinajstić information content (AvgIpc) is 2.84. The Kier molecular flexibility index (Phi) is 4.10. The van der Waals surface area contributed by atoms with Crippen molar-refractivity contribution in [3.05, 3.63) is 35.9 Å². The highest BCUT2D eigenvalue weighted by Crippen LogP contribution is 2.33. The number of nitrogens with one attached hydrogen (secondary N) is 1. The molecule has 0 saturated carbocycles. The normalized spacial score (nSPS) is 26.8. The van der Waals surface area contributed by atoms with Gasteiger partial charge < -0.3 is 9.53 Å². The SMILES string of the molecule is CCOC(=O)C1CC(C=O)NC1c1ccccc1. The van der Waals surface area contributed by atoms with Crippen molar-refractivity contribution in [1.29, 1.82) is 0 Å². The highest BCUT2D eigenvalue weighted by atomic mass is 16.5. The molecule has 1 fully saturated rings. The van der Waals surface area contributed by atoms with Gasteiger partial charge in [-0.3, -0.25) is 10.1 Å². The number of carbonyl (C=O) groups is 2. The van der Waals surface area contributed by atoms with Gasteiger partial charge in [-0.2, -0.15) is 0 Å². The smallest absolute Gasteiger partial charge is 0.310 e. The van der Waals surface area contributed by atoms with Gasteiger partial charge in [-0.05, 0) is 18.9 Å². The van der Waals surface area contributed by atoms with Gasteiger partial charge in [0, 0.05) is 6.04 Å². The second-order valence-electron chi connectivity index (χ2n) is 4.39. The zero-order valence-electron chi connectivity index (χ0n) is 10.3. The van der Waals surface area contributed by atoms with Crippen molar-refractivity contribution in [2.24, 2.45) is 5.92 Å². The average molecular weight is 247 g/mol. The molecule has 96 valence electrons. The summed E-state index contributed by atoms with van der Waals surface area (Å²) in [5.74, 6) is -0.522. The monoisotopic (exact) mass is 247 g/mol. The molecule has 0 bridgehead atoms. The van der Waals surface area contributed by atoms with E-state index in [0.717, 1.165) is 11.8 Å². The Morgan fingerprint density at radius 3 is 2.78 bits per heavy atom. The lowest BCUT2D eigenvalue weighted by Crippen LogP contribution is -2.27. The molecular weight excluding hydrogens is 230 g/mol. The van der Waals surface area contributed by atoms with Gasteiger partial charge in [0.2, 0.25) is 0 Å². The standard InChI is InChI=1S/C14H17NO3/c1-2-18-14(17)12-8-11(9-16)15-13(12)10-6-4-3-5-7-10/h3-7,9,11-13,15H,2,8H2,1H3. The minimum atomic E-state index is -0.289. The van der Waals surface area contributed by atoms with Gasteiger partial charge >= 0.3 is 5.97 Å². The Balaban J connectivity index is 2.20. The van der Waals surface area contributed by atoms with E-state index < -0.39 is 0 Å². The van der Waals surface area contributed by atoms with Crippen LogP contribution in [0, 0.1) is 5.92 Å². The molecule has 3 atom stereocenters. The first-order valence-electron chi connectivity index (χ1n) is 6.19. The van der Waals surface area contributed by atoms with Crippen LogP contribution >= 0.6 is 0 Å². The van der Waals surface area contributed by atoms with E-state index in [1.165, 1.54) is 0 Å². The Morgan fingerprint density at radius 2 is 2.17 bits per heavy atom. The Bertz CT molecular complexity index is 418. The van der Waals surface area contributed by atoms with Crippen molar-refractivity contribution in [2.45, 2.75) is 25.4 Å². The molecule has 0 radical (unpaired) electrons. The third-order valence-electron chi connectivity index (χ3n) is 3.22. The van der Waals surface area contributed by atoms with E-state index in [9.17, 15) is 9.59 Å². The fraction of sp³-hybridized carbons (Fsp3) is 0.429. The molecular formula is C14H17NO3. The molecule has 1 N–H and O–H groups in total. The number of esters is 1. The predicted octanol–water partition coefficient (Wildman–Crippen LogP) is 1.47. The van der Waals surface area contributed by atoms with Gasteiger partial charge in [0.05, 0.1) is 18.6 Å². The van der Waals surface area contributed by atoms with E-state index in [1.807, 2.05) is 30.3 Å². The van der Waals surface area contributed by atoms with Gasteiger partial charge in [0.1, 0.15) is 6.29 Å². The van der Waals surface area contributed by atoms with Crippen LogP contribution in [0.1, 0.15) is 24.9 Å². The van der Waals surface area contributed by atoms with Crippen molar-refractivity contribution < 1.29 is 14.3 Å². The summed E-state index contributed by atoms with van der Waals surface area (Å²) < 4.78 is 5.08. The Hall–Kier alpha value is -1.68. The molecule has 1 saturated heterocycles. The maximum Gasteiger partial charge on any atom is 0.310 e. The Labute approximate surface area is 106 Å². The number of hydrogen-bond donors (Lipinski definition) is 1. The van der Waals surface area contributed by atoms with Gasteiger partial charge in [0.25, 0.3) is 0 Å². The van der Waals surface area contributed by atoms with Crippen LogP contribution in [0.25, 0.3) is 0 Å². The topological polar surface area (TPSA) is 55.4 Å². The molecule has 0 aliphatic carbocycles. The third kappa shape index (κ3) is 2.59. The first kappa shape index (κ1) is 12.8. The number of hydrogen-bond acceptors (Lipinski definition) is 4. The zero-order chi connectivity index (χ0) is 13.0. The van der Waals surface area contributed by atoms with E-state index in [1.54, 1.807) is 6.92 Å². The summed E-state index contributed by atoms with van der Waals surface area (Å²) >= 11 is 0. The first-order valence-corrected chi connectivity index (χ1v) is 6.19. The largest absolute Gasteiger partial charge is 0.466 e. The van der Waals surface area contributed by atoms with Crippen LogP contribution in [0.3, 0.4) is 0 Å². The van der Waals surface area contributed by atoms with Crippen LogP contribution in [0.4, 0.5) is 0 Å². The van der Waals surface area contributed by atoms with Crippen LogP contribution in [0.5, 0.6) is 0 Å². The minimum absolute atomic E-state index is 0.138. The van der Waals surface area contributed by atoms with Crippen molar-refractivity contribution in [2.75, 3.05) is 6.61 Å². The molecule has 4 heteroatoms. The van der Waals surface area contributed by atoms with Crippen LogP contribution in [-0.2, 0) is 14.3 Å². The van der Waals surface area contributed by atoms with E-state index in [0.29, 0.717) is 13.0 Å². The molecule has 0 aromatic heterocycles. The fourth-order valence-electron chi connectivity index (χ4n) is 2.39. The third-order valence-corrected chi connectivity index (χ3v) is 3.22. The molecule has 0 amide bonds. The molecule has 1 heterocycles. The molecule has 3 unspecified atom stereocenters. The van der Waals surface area contributed by atoms with E-state index in [4.69, 9.17) is 4.74 Å². The molecule has 18 heavy (non-hydrogen) atoms. The van der Waals surface area contributed by atoms with Gasteiger partial charge in [-0.1, -0.05) is 30.3 Å². The van der Waals surface area contributed by atoms with Crippen LogP contribution < -0.4 is 5.32 Å².